The fraction of sp³-hybridized carbons (Fsp3) is 0.538. The van der Waals surface area contributed by atoms with Crippen molar-refractivity contribution in [2.24, 2.45) is 0 Å². The summed E-state index contributed by atoms with van der Waals surface area (Å²) in [5.41, 5.74) is 21.9. The minimum atomic E-state index is 0. The Balaban J connectivity index is 0.00000560. The van der Waals surface area contributed by atoms with Crippen molar-refractivity contribution in [2.45, 2.75) is 137 Å². The van der Waals surface area contributed by atoms with Crippen LogP contribution in [0, 0.1) is 14.9 Å². The standard InChI is InChI=1S/C37H54N2.2CH3.Ni/c1-5-9-13-17-27-35-34(26-16-12-8-4)36(32-24-18-22-30(28-32)20-14-10-6-2)39(38)37(35)33-25-19-23-31(29-33)21-15-11-7-3;;;/h18-19,22-25,28-29H,5-17,20-21,26-27H2,1-4H3;2*1H3;/q;2*-1;+2. The molecular weight excluding hydrogens is 555 g/mol. The topological polar surface area (TPSA) is 25.3 Å². The molecule has 1 aliphatic rings. The van der Waals surface area contributed by atoms with Crippen molar-refractivity contribution in [1.29, 1.82) is 0 Å². The number of hydrogen-bond donors (Lipinski definition) is 0. The molecule has 0 fully saturated rings. The molecule has 1 aliphatic heterocycles. The predicted molar refractivity (Wildman–Crippen MR) is 183 cm³/mol. The Morgan fingerprint density at radius 3 is 1.26 bits per heavy atom. The summed E-state index contributed by atoms with van der Waals surface area (Å²) in [5.74, 6) is 0. The second-order valence-corrected chi connectivity index (χ2v) is 11.5. The summed E-state index contributed by atoms with van der Waals surface area (Å²) in [4.78, 5) is 0. The first-order valence-corrected chi connectivity index (χ1v) is 16.3. The molecule has 3 heteroatoms. The van der Waals surface area contributed by atoms with Gasteiger partial charge >= 0.3 is 16.5 Å². The van der Waals surface area contributed by atoms with E-state index in [4.69, 9.17) is 0 Å². The Morgan fingerprint density at radius 1 is 0.500 bits per heavy atom. The third kappa shape index (κ3) is 11.6. The van der Waals surface area contributed by atoms with Crippen LogP contribution >= 0.6 is 0 Å². The third-order valence-corrected chi connectivity index (χ3v) is 8.21. The summed E-state index contributed by atoms with van der Waals surface area (Å²) in [6, 6.07) is 18.0. The fourth-order valence-electron chi connectivity index (χ4n) is 5.97. The molecular formula is C39H60N2Ni. The van der Waals surface area contributed by atoms with E-state index in [9.17, 15) is 5.53 Å². The summed E-state index contributed by atoms with van der Waals surface area (Å²) in [6.45, 7) is 9.08. The Bertz CT molecular complexity index is 1110. The first-order chi connectivity index (χ1) is 19.1. The van der Waals surface area contributed by atoms with Gasteiger partial charge in [-0.3, -0.25) is 0 Å². The first-order valence-electron chi connectivity index (χ1n) is 16.3. The number of nitrogens with zero attached hydrogens (tertiary/aromatic N) is 2. The monoisotopic (exact) mass is 614 g/mol. The molecule has 0 aromatic heterocycles. The van der Waals surface area contributed by atoms with Crippen molar-refractivity contribution < 1.29 is 21.2 Å². The molecule has 0 spiro atoms. The van der Waals surface area contributed by atoms with Crippen LogP contribution < -0.4 is 0 Å². The number of hydrogen-bond acceptors (Lipinski definition) is 0. The number of allylic oxidation sites excluding steroid dienone is 2. The third-order valence-electron chi connectivity index (χ3n) is 8.21. The molecule has 0 bridgehead atoms. The van der Waals surface area contributed by atoms with Crippen molar-refractivity contribution in [3.63, 3.8) is 0 Å². The van der Waals surface area contributed by atoms with E-state index in [2.05, 4.69) is 76.2 Å². The van der Waals surface area contributed by atoms with E-state index in [-0.39, 0.29) is 31.3 Å². The van der Waals surface area contributed by atoms with Crippen molar-refractivity contribution in [3.05, 3.63) is 102 Å². The van der Waals surface area contributed by atoms with Gasteiger partial charge in [-0.25, -0.2) is 4.70 Å². The molecule has 2 aromatic rings. The quantitative estimate of drug-likeness (QED) is 0.0650. The first kappa shape index (κ1) is 40.0. The second kappa shape index (κ2) is 22.5. The van der Waals surface area contributed by atoms with Gasteiger partial charge in [0.05, 0.1) is 0 Å². The summed E-state index contributed by atoms with van der Waals surface area (Å²) >= 11 is 0. The Kier molecular flexibility index (Phi) is 21.5. The molecule has 42 heavy (non-hydrogen) atoms. The van der Waals surface area contributed by atoms with Crippen LogP contribution in [0.5, 0.6) is 0 Å². The van der Waals surface area contributed by atoms with Gasteiger partial charge in [-0.2, -0.15) is 0 Å². The van der Waals surface area contributed by atoms with E-state index in [1.807, 2.05) is 0 Å². The maximum absolute atomic E-state index is 12.0. The molecule has 2 aromatic carbocycles. The number of unbranched alkanes of at least 4 members (excludes halogenated alkanes) is 9. The van der Waals surface area contributed by atoms with E-state index in [1.165, 1.54) is 111 Å². The maximum Gasteiger partial charge on any atom is 2.00 e. The van der Waals surface area contributed by atoms with Gasteiger partial charge in [0.1, 0.15) is 0 Å². The number of rotatable bonds is 19. The van der Waals surface area contributed by atoms with Crippen LogP contribution in [0.25, 0.3) is 16.9 Å². The summed E-state index contributed by atoms with van der Waals surface area (Å²) in [6.07, 6.45) is 20.3. The minimum absolute atomic E-state index is 0. The predicted octanol–water partition coefficient (Wildman–Crippen LogP) is 12.8. The van der Waals surface area contributed by atoms with Gasteiger partial charge in [0, 0.05) is 22.3 Å². The van der Waals surface area contributed by atoms with E-state index in [0.29, 0.717) is 0 Å². The van der Waals surface area contributed by atoms with Crippen molar-refractivity contribution in [1.82, 2.24) is 0 Å². The molecule has 0 N–H and O–H groups in total. The molecule has 0 saturated carbocycles. The molecule has 0 atom stereocenters. The van der Waals surface area contributed by atoms with E-state index in [1.54, 1.807) is 4.70 Å². The van der Waals surface area contributed by atoms with Crippen LogP contribution in [0.3, 0.4) is 0 Å². The molecule has 0 saturated heterocycles. The SMILES string of the molecule is CCCCCCC1=C(c2cccc(CCCCC)c2)[N+](=[N-])C(c2cccc(CCCCC)c2)=C1CCCCC.[CH3-].[CH3-].[Ni+2]. The molecule has 236 valence electrons. The summed E-state index contributed by atoms with van der Waals surface area (Å²) in [5, 5.41) is 0. The van der Waals surface area contributed by atoms with Crippen LogP contribution in [-0.2, 0) is 29.3 Å². The molecule has 2 nitrogen and oxygen atoms in total. The van der Waals surface area contributed by atoms with E-state index >= 15 is 0 Å². The molecule has 0 amide bonds. The molecule has 0 radical (unpaired) electrons. The van der Waals surface area contributed by atoms with Gasteiger partial charge in [0.15, 0.2) is 0 Å². The van der Waals surface area contributed by atoms with Gasteiger partial charge in [-0.1, -0.05) is 110 Å². The number of aryl methyl sites for hydroxylation is 2. The zero-order chi connectivity index (χ0) is 27.9. The van der Waals surface area contributed by atoms with Crippen LogP contribution in [0.2, 0.25) is 0 Å². The average Bonchev–Trinajstić information content (AvgIpc) is 3.22. The Hall–Kier alpha value is -1.99. The van der Waals surface area contributed by atoms with Crippen LogP contribution in [-0.4, -0.2) is 4.70 Å². The maximum atomic E-state index is 12.0. The normalized spacial score (nSPS) is 12.7. The smallest absolute Gasteiger partial charge is 0.493 e. The molecule has 0 aliphatic carbocycles. The zero-order valence-electron chi connectivity index (χ0n) is 27.9. The van der Waals surface area contributed by atoms with Crippen molar-refractivity contribution in [2.75, 3.05) is 0 Å². The van der Waals surface area contributed by atoms with Gasteiger partial charge in [0.25, 0.3) is 0 Å². The Morgan fingerprint density at radius 2 is 0.857 bits per heavy atom. The second-order valence-electron chi connectivity index (χ2n) is 11.5. The summed E-state index contributed by atoms with van der Waals surface area (Å²) in [7, 11) is 0. The van der Waals surface area contributed by atoms with E-state index in [0.717, 1.165) is 42.6 Å². The summed E-state index contributed by atoms with van der Waals surface area (Å²) < 4.78 is 1.58. The van der Waals surface area contributed by atoms with Gasteiger partial charge in [-0.05, 0) is 86.8 Å². The molecule has 1 heterocycles. The van der Waals surface area contributed by atoms with Gasteiger partial charge in [0.2, 0.25) is 11.4 Å². The van der Waals surface area contributed by atoms with Crippen LogP contribution in [0.4, 0.5) is 0 Å². The number of benzene rings is 2. The van der Waals surface area contributed by atoms with Crippen LogP contribution in [0.15, 0.2) is 59.7 Å². The van der Waals surface area contributed by atoms with Gasteiger partial charge < -0.3 is 20.4 Å². The average molecular weight is 616 g/mol. The van der Waals surface area contributed by atoms with E-state index < -0.39 is 0 Å². The van der Waals surface area contributed by atoms with Gasteiger partial charge in [-0.15, -0.1) is 0 Å². The molecule has 3 rings (SSSR count). The largest absolute Gasteiger partial charge is 2.00 e. The molecule has 0 unspecified atom stereocenters. The minimum Gasteiger partial charge on any atom is -0.493 e. The van der Waals surface area contributed by atoms with Crippen molar-refractivity contribution >= 4 is 11.4 Å². The fourth-order valence-corrected chi connectivity index (χ4v) is 5.97. The van der Waals surface area contributed by atoms with Crippen LogP contribution in [0.1, 0.15) is 146 Å². The zero-order valence-corrected chi connectivity index (χ0v) is 28.8. The Labute approximate surface area is 270 Å². The van der Waals surface area contributed by atoms with Crippen molar-refractivity contribution in [3.8, 4) is 0 Å².